The van der Waals surface area contributed by atoms with Gasteiger partial charge in [-0.15, -0.1) is 0 Å². The van der Waals surface area contributed by atoms with Crippen molar-refractivity contribution in [2.45, 2.75) is 18.9 Å². The molecule has 14 heavy (non-hydrogen) atoms. The highest BCUT2D eigenvalue weighted by molar-refractivity contribution is 9.10. The Morgan fingerprint density at radius 1 is 1.14 bits per heavy atom. The number of fused-ring (bicyclic) bond motifs is 1. The third-order valence-electron chi connectivity index (χ3n) is 3.51. The van der Waals surface area contributed by atoms with Crippen molar-refractivity contribution in [3.05, 3.63) is 34.3 Å². The molecule has 0 spiro atoms. The highest BCUT2D eigenvalue weighted by Crippen LogP contribution is 2.48. The third-order valence-corrected chi connectivity index (χ3v) is 4.24. The molecule has 2 fully saturated rings. The van der Waals surface area contributed by atoms with Crippen molar-refractivity contribution in [3.8, 4) is 0 Å². The molecule has 74 valence electrons. The molecule has 0 amide bonds. The van der Waals surface area contributed by atoms with Crippen LogP contribution in [0.25, 0.3) is 0 Å². The Morgan fingerprint density at radius 2 is 2.00 bits per heavy atom. The monoisotopic (exact) mass is 251 g/mol. The maximum Gasteiger partial charge on any atom is 0.0334 e. The van der Waals surface area contributed by atoms with Gasteiger partial charge in [-0.25, -0.2) is 0 Å². The van der Waals surface area contributed by atoms with Crippen LogP contribution in [0, 0.1) is 11.8 Å². The van der Waals surface area contributed by atoms with E-state index in [9.17, 15) is 0 Å². The third kappa shape index (κ3) is 1.51. The minimum absolute atomic E-state index is 0.578. The van der Waals surface area contributed by atoms with E-state index in [-0.39, 0.29) is 0 Å². The number of rotatable bonds is 1. The molecular weight excluding hydrogens is 238 g/mol. The summed E-state index contributed by atoms with van der Waals surface area (Å²) in [4.78, 5) is 0. The first-order valence-electron chi connectivity index (χ1n) is 5.32. The fraction of sp³-hybridized carbons (Fsp3) is 0.500. The van der Waals surface area contributed by atoms with Crippen molar-refractivity contribution in [1.29, 1.82) is 0 Å². The van der Waals surface area contributed by atoms with Crippen molar-refractivity contribution in [1.82, 2.24) is 5.32 Å². The molecule has 1 aromatic rings. The van der Waals surface area contributed by atoms with Crippen molar-refractivity contribution in [2.24, 2.45) is 11.8 Å². The van der Waals surface area contributed by atoms with Gasteiger partial charge in [-0.05, 0) is 42.9 Å². The minimum atomic E-state index is 0.578. The number of hydrogen-bond acceptors (Lipinski definition) is 1. The summed E-state index contributed by atoms with van der Waals surface area (Å²) in [5, 5.41) is 3.64. The summed E-state index contributed by atoms with van der Waals surface area (Å²) < 4.78 is 1.25. The van der Waals surface area contributed by atoms with Crippen LogP contribution < -0.4 is 5.32 Å². The van der Waals surface area contributed by atoms with Gasteiger partial charge in [0.15, 0.2) is 0 Å². The summed E-state index contributed by atoms with van der Waals surface area (Å²) in [7, 11) is 0. The second-order valence-electron chi connectivity index (χ2n) is 4.47. The van der Waals surface area contributed by atoms with Crippen molar-refractivity contribution >= 4 is 15.9 Å². The zero-order chi connectivity index (χ0) is 9.54. The molecule has 2 aliphatic rings. The van der Waals surface area contributed by atoms with Crippen LogP contribution in [0.5, 0.6) is 0 Å². The van der Waals surface area contributed by atoms with E-state index in [1.54, 1.807) is 0 Å². The number of hydrogen-bond donors (Lipinski definition) is 1. The Balaban J connectivity index is 1.84. The van der Waals surface area contributed by atoms with Crippen molar-refractivity contribution < 1.29 is 0 Å². The highest BCUT2D eigenvalue weighted by atomic mass is 79.9. The summed E-state index contributed by atoms with van der Waals surface area (Å²) in [5.74, 6) is 2.00. The van der Waals surface area contributed by atoms with Crippen LogP contribution in [-0.2, 0) is 0 Å². The number of nitrogens with one attached hydrogen (secondary N) is 1. The summed E-state index contributed by atoms with van der Waals surface area (Å²) >= 11 is 3.63. The molecule has 0 aromatic heterocycles. The van der Waals surface area contributed by atoms with Crippen LogP contribution >= 0.6 is 15.9 Å². The van der Waals surface area contributed by atoms with Gasteiger partial charge in [-0.1, -0.05) is 34.1 Å². The lowest BCUT2D eigenvalue weighted by molar-refractivity contribution is 0.394. The SMILES string of the molecule is Brc1ccccc1C1CC2CC2CN1. The van der Waals surface area contributed by atoms with Gasteiger partial charge >= 0.3 is 0 Å². The van der Waals surface area contributed by atoms with Crippen LogP contribution in [0.3, 0.4) is 0 Å². The van der Waals surface area contributed by atoms with Gasteiger partial charge in [-0.3, -0.25) is 0 Å². The zero-order valence-electron chi connectivity index (χ0n) is 8.04. The smallest absolute Gasteiger partial charge is 0.0334 e. The molecule has 1 nitrogen and oxygen atoms in total. The van der Waals surface area contributed by atoms with Crippen LogP contribution in [0.2, 0.25) is 0 Å². The zero-order valence-corrected chi connectivity index (χ0v) is 9.63. The summed E-state index contributed by atoms with van der Waals surface area (Å²) in [6.45, 7) is 1.22. The van der Waals surface area contributed by atoms with Crippen molar-refractivity contribution in [2.75, 3.05) is 6.54 Å². The highest BCUT2D eigenvalue weighted by Gasteiger charge is 2.42. The Kier molecular flexibility index (Phi) is 2.14. The molecule has 1 aromatic carbocycles. The van der Waals surface area contributed by atoms with E-state index in [1.165, 1.54) is 29.4 Å². The molecule has 3 unspecified atom stereocenters. The molecule has 1 heterocycles. The van der Waals surface area contributed by atoms with Gasteiger partial charge in [0.2, 0.25) is 0 Å². The van der Waals surface area contributed by atoms with Crippen LogP contribution in [0.15, 0.2) is 28.7 Å². The van der Waals surface area contributed by atoms with E-state index in [2.05, 4.69) is 45.5 Å². The van der Waals surface area contributed by atoms with Gasteiger partial charge < -0.3 is 5.32 Å². The largest absolute Gasteiger partial charge is 0.310 e. The first-order chi connectivity index (χ1) is 6.84. The molecule has 2 heteroatoms. The number of halogens is 1. The molecule has 1 saturated carbocycles. The van der Waals surface area contributed by atoms with Gasteiger partial charge in [-0.2, -0.15) is 0 Å². The standard InChI is InChI=1S/C12H14BrN/c13-11-4-2-1-3-10(11)12-6-8-5-9(8)7-14-12/h1-4,8-9,12,14H,5-7H2. The van der Waals surface area contributed by atoms with E-state index in [0.717, 1.165) is 11.8 Å². The molecule has 3 atom stereocenters. The topological polar surface area (TPSA) is 12.0 Å². The average Bonchev–Trinajstić information content (AvgIpc) is 2.96. The molecule has 3 rings (SSSR count). The maximum atomic E-state index is 3.64. The quantitative estimate of drug-likeness (QED) is 0.809. The van der Waals surface area contributed by atoms with E-state index in [1.807, 2.05) is 0 Å². The summed E-state index contributed by atoms with van der Waals surface area (Å²) in [6, 6.07) is 9.15. The Labute approximate surface area is 93.0 Å². The lowest BCUT2D eigenvalue weighted by atomic mass is 9.97. The molecule has 1 saturated heterocycles. The number of piperidine rings is 1. The second-order valence-corrected chi connectivity index (χ2v) is 5.33. The maximum absolute atomic E-state index is 3.64. The predicted octanol–water partition coefficient (Wildman–Crippen LogP) is 3.12. The molecule has 1 N–H and O–H groups in total. The normalized spacial score (nSPS) is 35.1. The fourth-order valence-electron chi connectivity index (χ4n) is 2.52. The van der Waals surface area contributed by atoms with E-state index in [4.69, 9.17) is 0 Å². The van der Waals surface area contributed by atoms with Gasteiger partial charge in [0.25, 0.3) is 0 Å². The van der Waals surface area contributed by atoms with E-state index >= 15 is 0 Å². The van der Waals surface area contributed by atoms with E-state index in [0.29, 0.717) is 6.04 Å². The van der Waals surface area contributed by atoms with Gasteiger partial charge in [0.05, 0.1) is 0 Å². The molecule has 0 bridgehead atoms. The molecule has 0 radical (unpaired) electrons. The van der Waals surface area contributed by atoms with Gasteiger partial charge in [0.1, 0.15) is 0 Å². The lowest BCUT2D eigenvalue weighted by Gasteiger charge is -2.24. The molecule has 1 aliphatic heterocycles. The molecular formula is C12H14BrN. The Morgan fingerprint density at radius 3 is 2.79 bits per heavy atom. The summed E-state index contributed by atoms with van der Waals surface area (Å²) in [6.07, 6.45) is 2.78. The first kappa shape index (κ1) is 8.93. The Bertz CT molecular complexity index is 350. The predicted molar refractivity (Wildman–Crippen MR) is 61.1 cm³/mol. The average molecular weight is 252 g/mol. The first-order valence-corrected chi connectivity index (χ1v) is 6.11. The van der Waals surface area contributed by atoms with Gasteiger partial charge in [0, 0.05) is 10.5 Å². The number of benzene rings is 1. The van der Waals surface area contributed by atoms with Crippen LogP contribution in [-0.4, -0.2) is 6.54 Å². The van der Waals surface area contributed by atoms with Crippen molar-refractivity contribution in [3.63, 3.8) is 0 Å². The van der Waals surface area contributed by atoms with Crippen LogP contribution in [0.1, 0.15) is 24.4 Å². The van der Waals surface area contributed by atoms with E-state index < -0.39 is 0 Å². The Hall–Kier alpha value is -0.340. The lowest BCUT2D eigenvalue weighted by Crippen LogP contribution is -2.28. The van der Waals surface area contributed by atoms with Crippen LogP contribution in [0.4, 0.5) is 0 Å². The molecule has 1 aliphatic carbocycles. The minimum Gasteiger partial charge on any atom is -0.310 e. The fourth-order valence-corrected chi connectivity index (χ4v) is 3.08. The second kappa shape index (κ2) is 3.35. The summed E-state index contributed by atoms with van der Waals surface area (Å²) in [5.41, 5.74) is 1.43.